The van der Waals surface area contributed by atoms with Gasteiger partial charge in [-0.3, -0.25) is 0 Å². The topological polar surface area (TPSA) is 44.4 Å². The Labute approximate surface area is 104 Å². The lowest BCUT2D eigenvalue weighted by Gasteiger charge is -2.31. The minimum absolute atomic E-state index is 0.141. The summed E-state index contributed by atoms with van der Waals surface area (Å²) in [5.41, 5.74) is 0. The first kappa shape index (κ1) is 12.7. The SMILES string of the molecule is CC1CCN(C(=O)NCC2CCCNC2)CC1. The molecule has 0 saturated carbocycles. The maximum atomic E-state index is 11.9. The third-order valence-electron chi connectivity index (χ3n) is 4.01. The number of rotatable bonds is 2. The average Bonchev–Trinajstić information content (AvgIpc) is 2.38. The minimum atomic E-state index is 0.141. The highest BCUT2D eigenvalue weighted by atomic mass is 16.2. The van der Waals surface area contributed by atoms with Crippen molar-refractivity contribution in [3.8, 4) is 0 Å². The fourth-order valence-corrected chi connectivity index (χ4v) is 2.65. The quantitative estimate of drug-likeness (QED) is 0.765. The van der Waals surface area contributed by atoms with E-state index in [1.54, 1.807) is 0 Å². The fraction of sp³-hybridized carbons (Fsp3) is 0.923. The van der Waals surface area contributed by atoms with E-state index in [1.165, 1.54) is 12.8 Å². The van der Waals surface area contributed by atoms with E-state index < -0.39 is 0 Å². The molecule has 4 heteroatoms. The summed E-state index contributed by atoms with van der Waals surface area (Å²) >= 11 is 0. The Balaban J connectivity index is 1.66. The number of hydrogen-bond acceptors (Lipinski definition) is 2. The number of nitrogens with zero attached hydrogens (tertiary/aromatic N) is 1. The molecular formula is C13H25N3O. The van der Waals surface area contributed by atoms with E-state index in [1.807, 2.05) is 4.90 Å². The first-order valence-corrected chi connectivity index (χ1v) is 6.99. The molecule has 2 aliphatic heterocycles. The number of likely N-dealkylation sites (tertiary alicyclic amines) is 1. The molecule has 4 nitrogen and oxygen atoms in total. The second-order valence-corrected chi connectivity index (χ2v) is 5.57. The molecule has 0 aromatic rings. The van der Waals surface area contributed by atoms with E-state index in [0.717, 1.165) is 51.5 Å². The molecule has 1 unspecified atom stereocenters. The predicted molar refractivity (Wildman–Crippen MR) is 69.0 cm³/mol. The van der Waals surface area contributed by atoms with Crippen molar-refractivity contribution in [2.45, 2.75) is 32.6 Å². The highest BCUT2D eigenvalue weighted by Gasteiger charge is 2.21. The van der Waals surface area contributed by atoms with Gasteiger partial charge in [0.2, 0.25) is 0 Å². The van der Waals surface area contributed by atoms with Crippen LogP contribution in [0.4, 0.5) is 4.79 Å². The van der Waals surface area contributed by atoms with E-state index in [4.69, 9.17) is 0 Å². The number of amides is 2. The Bertz CT molecular complexity index is 243. The molecule has 2 aliphatic rings. The molecule has 0 spiro atoms. The average molecular weight is 239 g/mol. The molecular weight excluding hydrogens is 214 g/mol. The number of carbonyl (C=O) groups excluding carboxylic acids is 1. The van der Waals surface area contributed by atoms with Crippen LogP contribution in [-0.4, -0.2) is 43.7 Å². The lowest BCUT2D eigenvalue weighted by molar-refractivity contribution is 0.171. The zero-order valence-electron chi connectivity index (χ0n) is 10.9. The number of carbonyl (C=O) groups is 1. The van der Waals surface area contributed by atoms with Gasteiger partial charge in [0.05, 0.1) is 0 Å². The van der Waals surface area contributed by atoms with Crippen molar-refractivity contribution in [2.24, 2.45) is 11.8 Å². The largest absolute Gasteiger partial charge is 0.338 e. The number of nitrogens with one attached hydrogen (secondary N) is 2. The van der Waals surface area contributed by atoms with Gasteiger partial charge in [-0.25, -0.2) is 4.79 Å². The molecule has 17 heavy (non-hydrogen) atoms. The first-order chi connectivity index (χ1) is 8.25. The van der Waals surface area contributed by atoms with Crippen molar-refractivity contribution in [1.29, 1.82) is 0 Å². The summed E-state index contributed by atoms with van der Waals surface area (Å²) in [5.74, 6) is 1.40. The molecule has 2 amide bonds. The van der Waals surface area contributed by atoms with Gasteiger partial charge in [-0.15, -0.1) is 0 Å². The third kappa shape index (κ3) is 3.87. The highest BCUT2D eigenvalue weighted by Crippen LogP contribution is 2.16. The molecule has 2 saturated heterocycles. The van der Waals surface area contributed by atoms with E-state index in [-0.39, 0.29) is 6.03 Å². The van der Waals surface area contributed by atoms with E-state index in [0.29, 0.717) is 5.92 Å². The van der Waals surface area contributed by atoms with Gasteiger partial charge in [0, 0.05) is 19.6 Å². The molecule has 2 heterocycles. The molecule has 2 N–H and O–H groups in total. The lowest BCUT2D eigenvalue weighted by atomic mass is 9.99. The summed E-state index contributed by atoms with van der Waals surface area (Å²) in [6, 6.07) is 0.141. The van der Waals surface area contributed by atoms with Gasteiger partial charge < -0.3 is 15.5 Å². The number of hydrogen-bond donors (Lipinski definition) is 2. The van der Waals surface area contributed by atoms with Gasteiger partial charge >= 0.3 is 6.03 Å². The van der Waals surface area contributed by atoms with Gasteiger partial charge in [0.25, 0.3) is 0 Å². The van der Waals surface area contributed by atoms with Gasteiger partial charge in [-0.05, 0) is 50.6 Å². The monoisotopic (exact) mass is 239 g/mol. The second-order valence-electron chi connectivity index (χ2n) is 5.57. The zero-order chi connectivity index (χ0) is 12.1. The molecule has 2 rings (SSSR count). The van der Waals surface area contributed by atoms with Crippen LogP contribution in [-0.2, 0) is 0 Å². The van der Waals surface area contributed by atoms with Crippen LogP contribution >= 0.6 is 0 Å². The van der Waals surface area contributed by atoms with Crippen molar-refractivity contribution in [3.05, 3.63) is 0 Å². The molecule has 2 fully saturated rings. The summed E-state index contributed by atoms with van der Waals surface area (Å²) < 4.78 is 0. The summed E-state index contributed by atoms with van der Waals surface area (Å²) in [6.07, 6.45) is 4.78. The maximum absolute atomic E-state index is 11.9. The van der Waals surface area contributed by atoms with Crippen LogP contribution < -0.4 is 10.6 Å². The Morgan fingerprint density at radius 1 is 1.35 bits per heavy atom. The van der Waals surface area contributed by atoms with Crippen LogP contribution in [0.3, 0.4) is 0 Å². The van der Waals surface area contributed by atoms with E-state index >= 15 is 0 Å². The van der Waals surface area contributed by atoms with Crippen molar-refractivity contribution in [3.63, 3.8) is 0 Å². The molecule has 0 bridgehead atoms. The first-order valence-electron chi connectivity index (χ1n) is 6.99. The lowest BCUT2D eigenvalue weighted by Crippen LogP contribution is -2.46. The summed E-state index contributed by atoms with van der Waals surface area (Å²) in [6.45, 7) is 7.14. The molecule has 98 valence electrons. The standard InChI is InChI=1S/C13H25N3O/c1-11-4-7-16(8-5-11)13(17)15-10-12-3-2-6-14-9-12/h11-12,14H,2-10H2,1H3,(H,15,17). The molecule has 1 atom stereocenters. The fourth-order valence-electron chi connectivity index (χ4n) is 2.65. The van der Waals surface area contributed by atoms with Gasteiger partial charge in [0.1, 0.15) is 0 Å². The molecule has 0 aromatic heterocycles. The van der Waals surface area contributed by atoms with Crippen LogP contribution in [0, 0.1) is 11.8 Å². The normalized spacial score (nSPS) is 26.9. The summed E-state index contributed by atoms with van der Waals surface area (Å²) in [4.78, 5) is 13.9. The Kier molecular flexibility index (Phi) is 4.66. The predicted octanol–water partition coefficient (Wildman–Crippen LogP) is 1.43. The van der Waals surface area contributed by atoms with Crippen LogP contribution in [0.2, 0.25) is 0 Å². The van der Waals surface area contributed by atoms with Gasteiger partial charge in [0.15, 0.2) is 0 Å². The minimum Gasteiger partial charge on any atom is -0.338 e. The van der Waals surface area contributed by atoms with E-state index in [9.17, 15) is 4.79 Å². The molecule has 0 aromatic carbocycles. The van der Waals surface area contributed by atoms with Crippen LogP contribution in [0.25, 0.3) is 0 Å². The van der Waals surface area contributed by atoms with E-state index in [2.05, 4.69) is 17.6 Å². The Hall–Kier alpha value is -0.770. The van der Waals surface area contributed by atoms with Crippen molar-refractivity contribution in [2.75, 3.05) is 32.7 Å². The molecule has 0 radical (unpaired) electrons. The number of piperidine rings is 2. The third-order valence-corrected chi connectivity index (χ3v) is 4.01. The van der Waals surface area contributed by atoms with Crippen LogP contribution in [0.15, 0.2) is 0 Å². The Morgan fingerprint density at radius 2 is 2.12 bits per heavy atom. The maximum Gasteiger partial charge on any atom is 0.317 e. The highest BCUT2D eigenvalue weighted by molar-refractivity contribution is 5.74. The second kappa shape index (κ2) is 6.24. The van der Waals surface area contributed by atoms with Crippen molar-refractivity contribution < 1.29 is 4.79 Å². The smallest absolute Gasteiger partial charge is 0.317 e. The van der Waals surface area contributed by atoms with Crippen LogP contribution in [0.1, 0.15) is 32.6 Å². The zero-order valence-corrected chi connectivity index (χ0v) is 10.9. The number of urea groups is 1. The summed E-state index contributed by atoms with van der Waals surface area (Å²) in [7, 11) is 0. The van der Waals surface area contributed by atoms with Gasteiger partial charge in [-0.2, -0.15) is 0 Å². The molecule has 0 aliphatic carbocycles. The van der Waals surface area contributed by atoms with Crippen LogP contribution in [0.5, 0.6) is 0 Å². The summed E-state index contributed by atoms with van der Waals surface area (Å²) in [5, 5.41) is 6.46. The Morgan fingerprint density at radius 3 is 2.76 bits per heavy atom. The van der Waals surface area contributed by atoms with Crippen molar-refractivity contribution in [1.82, 2.24) is 15.5 Å². The van der Waals surface area contributed by atoms with Crippen molar-refractivity contribution >= 4 is 6.03 Å². The van der Waals surface area contributed by atoms with Gasteiger partial charge in [-0.1, -0.05) is 6.92 Å².